The van der Waals surface area contributed by atoms with Gasteiger partial charge in [0.1, 0.15) is 23.0 Å². The maximum atomic E-state index is 13.6. The summed E-state index contributed by atoms with van der Waals surface area (Å²) in [4.78, 5) is 28.3. The minimum absolute atomic E-state index is 0.116. The molecule has 3 N–H and O–H groups in total. The van der Waals surface area contributed by atoms with Crippen molar-refractivity contribution in [2.24, 2.45) is 0 Å². The predicted octanol–water partition coefficient (Wildman–Crippen LogP) is 4.11. The number of nitrogens with one attached hydrogen (secondary N) is 3. The third kappa shape index (κ3) is 5.51. The number of hydrogen-bond donors (Lipinski definition) is 3. The minimum atomic E-state index is -0.922. The van der Waals surface area contributed by atoms with Crippen LogP contribution < -0.4 is 16.0 Å². The summed E-state index contributed by atoms with van der Waals surface area (Å²) in [5.74, 6) is -2.55. The number of anilines is 2. The highest BCUT2D eigenvalue weighted by atomic mass is 35.5. The van der Waals surface area contributed by atoms with Crippen LogP contribution in [0.5, 0.6) is 0 Å². The number of aromatic nitrogens is 1. The quantitative estimate of drug-likeness (QED) is 0.493. The molecule has 0 atom stereocenters. The fourth-order valence-corrected chi connectivity index (χ4v) is 2.76. The number of pyridine rings is 1. The van der Waals surface area contributed by atoms with Crippen molar-refractivity contribution in [3.05, 3.63) is 88.6 Å². The summed E-state index contributed by atoms with van der Waals surface area (Å²) in [6, 6.07) is 13.2. The van der Waals surface area contributed by atoms with E-state index in [1.165, 1.54) is 12.3 Å². The van der Waals surface area contributed by atoms with Gasteiger partial charge in [0.15, 0.2) is 0 Å². The van der Waals surface area contributed by atoms with Gasteiger partial charge in [0.05, 0.1) is 5.56 Å². The molecule has 0 aliphatic carbocycles. The number of carbonyl (C=O) groups excluding carboxylic acids is 2. The van der Waals surface area contributed by atoms with Crippen molar-refractivity contribution in [3.8, 4) is 0 Å². The van der Waals surface area contributed by atoms with Gasteiger partial charge in [0.2, 0.25) is 0 Å². The van der Waals surface area contributed by atoms with E-state index in [1.54, 1.807) is 36.4 Å². The molecule has 0 saturated heterocycles. The van der Waals surface area contributed by atoms with E-state index in [4.69, 9.17) is 11.6 Å². The van der Waals surface area contributed by atoms with Crippen LogP contribution in [0, 0.1) is 11.6 Å². The molecule has 30 heavy (non-hydrogen) atoms. The second kappa shape index (κ2) is 9.80. The van der Waals surface area contributed by atoms with Gasteiger partial charge in [-0.3, -0.25) is 9.59 Å². The lowest BCUT2D eigenvalue weighted by Crippen LogP contribution is -2.30. The lowest BCUT2D eigenvalue weighted by Gasteiger charge is -2.09. The van der Waals surface area contributed by atoms with Crippen LogP contribution >= 0.6 is 11.6 Å². The van der Waals surface area contributed by atoms with Gasteiger partial charge in [-0.15, -0.1) is 0 Å². The Morgan fingerprint density at radius 2 is 1.67 bits per heavy atom. The molecule has 0 bridgehead atoms. The average Bonchev–Trinajstić information content (AvgIpc) is 2.71. The predicted molar refractivity (Wildman–Crippen MR) is 111 cm³/mol. The zero-order chi connectivity index (χ0) is 21.5. The van der Waals surface area contributed by atoms with Gasteiger partial charge < -0.3 is 16.0 Å². The highest BCUT2D eigenvalue weighted by Crippen LogP contribution is 2.16. The van der Waals surface area contributed by atoms with Crippen LogP contribution in [0.25, 0.3) is 0 Å². The molecule has 0 saturated carbocycles. The molecule has 9 heteroatoms. The normalized spacial score (nSPS) is 10.4. The number of amides is 2. The molecule has 2 aromatic carbocycles. The first-order valence-electron chi connectivity index (χ1n) is 8.93. The Bertz CT molecular complexity index is 1040. The van der Waals surface area contributed by atoms with E-state index in [9.17, 15) is 18.4 Å². The van der Waals surface area contributed by atoms with Gasteiger partial charge in [0.25, 0.3) is 11.8 Å². The summed E-state index contributed by atoms with van der Waals surface area (Å²) >= 11 is 5.89. The van der Waals surface area contributed by atoms with E-state index >= 15 is 0 Å². The van der Waals surface area contributed by atoms with Gasteiger partial charge in [-0.25, -0.2) is 13.8 Å². The third-order valence-corrected chi connectivity index (χ3v) is 4.25. The minimum Gasteiger partial charge on any atom is -0.368 e. The number of benzene rings is 2. The Kier molecular flexibility index (Phi) is 6.92. The second-order valence-electron chi connectivity index (χ2n) is 6.18. The molecule has 1 heterocycles. The Morgan fingerprint density at radius 3 is 2.33 bits per heavy atom. The Balaban J connectivity index is 1.48. The summed E-state index contributed by atoms with van der Waals surface area (Å²) < 4.78 is 27.1. The van der Waals surface area contributed by atoms with Crippen LogP contribution in [0.1, 0.15) is 20.7 Å². The number of rotatable bonds is 7. The molecule has 1 aromatic heterocycles. The standard InChI is InChI=1S/C21H17ClF2N4O2/c22-14-3-1-4-15(11-14)28-20(29)13-7-8-18(27-12-13)25-9-10-26-21(30)19-16(23)5-2-6-17(19)24/h1-8,11-12H,9-10H2,(H,25,27)(H,26,30)(H,28,29). The topological polar surface area (TPSA) is 83.1 Å². The van der Waals surface area contributed by atoms with Crippen molar-refractivity contribution in [3.63, 3.8) is 0 Å². The molecule has 3 aromatic rings. The van der Waals surface area contributed by atoms with Crippen molar-refractivity contribution in [2.45, 2.75) is 0 Å². The van der Waals surface area contributed by atoms with Crippen molar-refractivity contribution < 1.29 is 18.4 Å². The van der Waals surface area contributed by atoms with E-state index in [0.717, 1.165) is 12.1 Å². The average molecular weight is 431 g/mol. The number of carbonyl (C=O) groups is 2. The van der Waals surface area contributed by atoms with Crippen LogP contribution in [-0.4, -0.2) is 29.9 Å². The van der Waals surface area contributed by atoms with Crippen molar-refractivity contribution in [2.75, 3.05) is 23.7 Å². The summed E-state index contributed by atoms with van der Waals surface area (Å²) in [6.07, 6.45) is 1.40. The van der Waals surface area contributed by atoms with E-state index in [0.29, 0.717) is 22.1 Å². The van der Waals surface area contributed by atoms with Gasteiger partial charge in [0, 0.05) is 30.0 Å². The molecular formula is C21H17ClF2N4O2. The Labute approximate surface area is 176 Å². The van der Waals surface area contributed by atoms with E-state index < -0.39 is 23.1 Å². The van der Waals surface area contributed by atoms with Crippen LogP contribution in [0.15, 0.2) is 60.8 Å². The highest BCUT2D eigenvalue weighted by Gasteiger charge is 2.16. The molecule has 0 fully saturated rings. The molecule has 0 unspecified atom stereocenters. The van der Waals surface area contributed by atoms with Gasteiger partial charge in [-0.1, -0.05) is 23.7 Å². The lowest BCUT2D eigenvalue weighted by atomic mass is 10.2. The fraction of sp³-hybridized carbons (Fsp3) is 0.0952. The smallest absolute Gasteiger partial charge is 0.257 e. The third-order valence-electron chi connectivity index (χ3n) is 4.01. The molecule has 6 nitrogen and oxygen atoms in total. The summed E-state index contributed by atoms with van der Waals surface area (Å²) in [7, 11) is 0. The van der Waals surface area contributed by atoms with Crippen molar-refractivity contribution in [1.29, 1.82) is 0 Å². The number of nitrogens with zero attached hydrogens (tertiary/aromatic N) is 1. The fourth-order valence-electron chi connectivity index (χ4n) is 2.57. The molecule has 0 aliphatic rings. The highest BCUT2D eigenvalue weighted by molar-refractivity contribution is 6.31. The van der Waals surface area contributed by atoms with Crippen molar-refractivity contribution in [1.82, 2.24) is 10.3 Å². The first-order chi connectivity index (χ1) is 14.4. The maximum Gasteiger partial charge on any atom is 0.257 e. The Morgan fingerprint density at radius 1 is 0.933 bits per heavy atom. The Hall–Kier alpha value is -3.52. The van der Waals surface area contributed by atoms with Crippen molar-refractivity contribution >= 4 is 34.9 Å². The van der Waals surface area contributed by atoms with E-state index in [2.05, 4.69) is 20.9 Å². The van der Waals surface area contributed by atoms with Crippen LogP contribution in [-0.2, 0) is 0 Å². The molecule has 0 spiro atoms. The molecule has 2 amide bonds. The SMILES string of the molecule is O=C(Nc1cccc(Cl)c1)c1ccc(NCCNC(=O)c2c(F)cccc2F)nc1. The summed E-state index contributed by atoms with van der Waals surface area (Å²) in [6.45, 7) is 0.383. The molecule has 154 valence electrons. The first-order valence-corrected chi connectivity index (χ1v) is 9.31. The van der Waals surface area contributed by atoms with Gasteiger partial charge in [-0.2, -0.15) is 0 Å². The number of hydrogen-bond acceptors (Lipinski definition) is 4. The monoisotopic (exact) mass is 430 g/mol. The van der Waals surface area contributed by atoms with Crippen LogP contribution in [0.4, 0.5) is 20.3 Å². The van der Waals surface area contributed by atoms with Crippen LogP contribution in [0.3, 0.4) is 0 Å². The lowest BCUT2D eigenvalue weighted by molar-refractivity contribution is 0.0945. The van der Waals surface area contributed by atoms with Crippen LogP contribution in [0.2, 0.25) is 5.02 Å². The molecule has 0 aliphatic heterocycles. The van der Waals surface area contributed by atoms with Gasteiger partial charge >= 0.3 is 0 Å². The molecule has 0 radical (unpaired) electrons. The summed E-state index contributed by atoms with van der Waals surface area (Å²) in [5, 5.41) is 8.59. The molecular weight excluding hydrogens is 414 g/mol. The second-order valence-corrected chi connectivity index (χ2v) is 6.61. The largest absolute Gasteiger partial charge is 0.368 e. The molecule has 3 rings (SSSR count). The van der Waals surface area contributed by atoms with E-state index in [-0.39, 0.29) is 19.0 Å². The first kappa shape index (κ1) is 21.2. The van der Waals surface area contributed by atoms with E-state index in [1.807, 2.05) is 0 Å². The zero-order valence-corrected chi connectivity index (χ0v) is 16.3. The number of halogens is 3. The van der Waals surface area contributed by atoms with Gasteiger partial charge in [-0.05, 0) is 42.5 Å². The summed E-state index contributed by atoms with van der Waals surface area (Å²) in [5.41, 5.74) is 0.297. The zero-order valence-electron chi connectivity index (χ0n) is 15.6. The maximum absolute atomic E-state index is 13.6.